The summed E-state index contributed by atoms with van der Waals surface area (Å²) in [5, 5.41) is 12.4. The van der Waals surface area contributed by atoms with Crippen LogP contribution in [0.4, 0.5) is 0 Å². The molecule has 1 aromatic carbocycles. The molecule has 0 aliphatic rings. The number of aromatic nitrogens is 1. The predicted molar refractivity (Wildman–Crippen MR) is 85.8 cm³/mol. The Morgan fingerprint density at radius 3 is 2.86 bits per heavy atom. The van der Waals surface area contributed by atoms with Crippen LogP contribution in [0.2, 0.25) is 5.02 Å². The molecule has 0 aliphatic carbocycles. The summed E-state index contributed by atoms with van der Waals surface area (Å²) in [6.45, 7) is 3.35. The number of halogens is 1. The molecule has 0 saturated carbocycles. The van der Waals surface area contributed by atoms with Crippen LogP contribution in [0.15, 0.2) is 29.6 Å². The minimum absolute atomic E-state index is 0.0345. The fourth-order valence-electron chi connectivity index (χ4n) is 2.09. The van der Waals surface area contributed by atoms with Gasteiger partial charge in [-0.05, 0) is 19.0 Å². The van der Waals surface area contributed by atoms with Crippen molar-refractivity contribution in [3.05, 3.63) is 40.4 Å². The Morgan fingerprint density at radius 2 is 2.19 bits per heavy atom. The van der Waals surface area contributed by atoms with Gasteiger partial charge in [0.2, 0.25) is 0 Å². The van der Waals surface area contributed by atoms with E-state index >= 15 is 0 Å². The Kier molecular flexibility index (Phi) is 5.73. The van der Waals surface area contributed by atoms with Gasteiger partial charge in [0.1, 0.15) is 5.01 Å². The summed E-state index contributed by atoms with van der Waals surface area (Å²) in [5.74, 6) is -0.815. The number of hydrogen-bond acceptors (Lipinski definition) is 4. The molecule has 0 bridgehead atoms. The highest BCUT2D eigenvalue weighted by molar-refractivity contribution is 7.13. The maximum atomic E-state index is 10.9. The van der Waals surface area contributed by atoms with E-state index in [4.69, 9.17) is 16.7 Å². The second kappa shape index (κ2) is 7.54. The van der Waals surface area contributed by atoms with Gasteiger partial charge in [0.25, 0.3) is 0 Å². The molecule has 1 aromatic heterocycles. The lowest BCUT2D eigenvalue weighted by molar-refractivity contribution is -0.138. The molecular weight excluding hydrogens is 308 g/mol. The number of rotatable bonds is 7. The lowest BCUT2D eigenvalue weighted by atomic mass is 10.2. The van der Waals surface area contributed by atoms with E-state index in [1.165, 1.54) is 11.3 Å². The van der Waals surface area contributed by atoms with Gasteiger partial charge < -0.3 is 5.11 Å². The monoisotopic (exact) mass is 324 g/mol. The molecule has 1 N–H and O–H groups in total. The Hall–Kier alpha value is -1.43. The van der Waals surface area contributed by atoms with Gasteiger partial charge in [0.05, 0.1) is 17.3 Å². The minimum Gasteiger partial charge on any atom is -0.480 e. The average Bonchev–Trinajstić information content (AvgIpc) is 2.87. The third-order valence-electron chi connectivity index (χ3n) is 2.94. The quantitative estimate of drug-likeness (QED) is 0.842. The van der Waals surface area contributed by atoms with Gasteiger partial charge in [-0.25, -0.2) is 4.98 Å². The molecule has 21 heavy (non-hydrogen) atoms. The van der Waals surface area contributed by atoms with Gasteiger partial charge in [0, 0.05) is 17.5 Å². The van der Waals surface area contributed by atoms with Crippen molar-refractivity contribution in [2.75, 3.05) is 13.1 Å². The van der Waals surface area contributed by atoms with Crippen LogP contribution in [-0.2, 0) is 11.3 Å². The van der Waals surface area contributed by atoms with E-state index in [1.54, 1.807) is 0 Å². The second-order valence-electron chi connectivity index (χ2n) is 4.73. The summed E-state index contributed by atoms with van der Waals surface area (Å²) in [4.78, 5) is 17.3. The van der Waals surface area contributed by atoms with Gasteiger partial charge >= 0.3 is 5.97 Å². The first-order valence-corrected chi connectivity index (χ1v) is 7.99. The molecule has 0 radical (unpaired) electrons. The normalized spacial score (nSPS) is 11.0. The van der Waals surface area contributed by atoms with E-state index in [0.717, 1.165) is 29.2 Å². The molecule has 0 aliphatic heterocycles. The van der Waals surface area contributed by atoms with E-state index in [9.17, 15) is 4.79 Å². The predicted octanol–water partition coefficient (Wildman–Crippen LogP) is 3.76. The molecule has 0 saturated heterocycles. The number of aliphatic carboxylic acids is 1. The summed E-state index contributed by atoms with van der Waals surface area (Å²) in [5.41, 5.74) is 1.79. The smallest absolute Gasteiger partial charge is 0.317 e. The molecule has 4 nitrogen and oxygen atoms in total. The number of hydrogen-bond donors (Lipinski definition) is 1. The third kappa shape index (κ3) is 4.52. The summed E-state index contributed by atoms with van der Waals surface area (Å²) >= 11 is 7.70. The minimum atomic E-state index is -0.815. The number of carboxylic acids is 1. The molecule has 0 amide bonds. The molecule has 112 valence electrons. The molecule has 0 spiro atoms. The van der Waals surface area contributed by atoms with E-state index in [2.05, 4.69) is 4.98 Å². The Morgan fingerprint density at radius 1 is 1.43 bits per heavy atom. The zero-order valence-electron chi connectivity index (χ0n) is 11.8. The number of benzene rings is 1. The van der Waals surface area contributed by atoms with Crippen LogP contribution in [0.5, 0.6) is 0 Å². The molecular formula is C15H17ClN2O2S. The summed E-state index contributed by atoms with van der Waals surface area (Å²) in [6, 6.07) is 7.59. The first-order valence-electron chi connectivity index (χ1n) is 6.73. The Bertz CT molecular complexity index is 615. The van der Waals surface area contributed by atoms with Crippen LogP contribution in [0.1, 0.15) is 19.0 Å². The number of nitrogens with zero attached hydrogens (tertiary/aromatic N) is 2. The number of thiazole rings is 1. The van der Waals surface area contributed by atoms with E-state index in [0.29, 0.717) is 11.6 Å². The van der Waals surface area contributed by atoms with Crippen molar-refractivity contribution >= 4 is 28.9 Å². The maximum Gasteiger partial charge on any atom is 0.317 e. The van der Waals surface area contributed by atoms with Gasteiger partial charge in [-0.15, -0.1) is 11.3 Å². The largest absolute Gasteiger partial charge is 0.480 e. The van der Waals surface area contributed by atoms with Gasteiger partial charge in [-0.3, -0.25) is 9.69 Å². The second-order valence-corrected chi connectivity index (χ2v) is 5.99. The number of carboxylic acid groups (broad SMARTS) is 1. The summed E-state index contributed by atoms with van der Waals surface area (Å²) < 4.78 is 0. The van der Waals surface area contributed by atoms with Crippen LogP contribution >= 0.6 is 22.9 Å². The highest BCUT2D eigenvalue weighted by Crippen LogP contribution is 2.30. The highest BCUT2D eigenvalue weighted by atomic mass is 35.5. The SMILES string of the molecule is CCCN(CC(=O)O)Cc1csc(-c2ccccc2Cl)n1. The van der Waals surface area contributed by atoms with Crippen LogP contribution in [0.3, 0.4) is 0 Å². The topological polar surface area (TPSA) is 53.4 Å². The van der Waals surface area contributed by atoms with Gasteiger partial charge in [-0.1, -0.05) is 36.7 Å². The molecule has 6 heteroatoms. The molecule has 0 atom stereocenters. The molecule has 0 fully saturated rings. The standard InChI is InChI=1S/C15H17ClN2O2S/c1-2-7-18(9-14(19)20)8-11-10-21-15(17-11)12-5-3-4-6-13(12)16/h3-6,10H,2,7-9H2,1H3,(H,19,20). The van der Waals surface area contributed by atoms with Crippen LogP contribution in [0, 0.1) is 0 Å². The first kappa shape index (κ1) is 15.9. The van der Waals surface area contributed by atoms with Crippen molar-refractivity contribution in [2.45, 2.75) is 19.9 Å². The zero-order valence-corrected chi connectivity index (χ0v) is 13.3. The fraction of sp³-hybridized carbons (Fsp3) is 0.333. The van der Waals surface area contributed by atoms with Gasteiger partial charge in [-0.2, -0.15) is 0 Å². The van der Waals surface area contributed by atoms with Crippen molar-refractivity contribution in [2.24, 2.45) is 0 Å². The Labute approximate surface area is 133 Å². The van der Waals surface area contributed by atoms with Crippen molar-refractivity contribution in [1.82, 2.24) is 9.88 Å². The van der Waals surface area contributed by atoms with Crippen LogP contribution in [-0.4, -0.2) is 34.0 Å². The van der Waals surface area contributed by atoms with E-state index in [1.807, 2.05) is 41.5 Å². The highest BCUT2D eigenvalue weighted by Gasteiger charge is 2.13. The number of carbonyl (C=O) groups is 1. The van der Waals surface area contributed by atoms with Crippen LogP contribution < -0.4 is 0 Å². The lowest BCUT2D eigenvalue weighted by Gasteiger charge is -2.17. The molecule has 2 aromatic rings. The third-order valence-corrected chi connectivity index (χ3v) is 4.19. The maximum absolute atomic E-state index is 10.9. The average molecular weight is 325 g/mol. The fourth-order valence-corrected chi connectivity index (χ4v) is 3.22. The molecule has 1 heterocycles. The van der Waals surface area contributed by atoms with Crippen molar-refractivity contribution < 1.29 is 9.90 Å². The summed E-state index contributed by atoms with van der Waals surface area (Å²) in [7, 11) is 0. The van der Waals surface area contributed by atoms with Crippen LogP contribution in [0.25, 0.3) is 10.6 Å². The van der Waals surface area contributed by atoms with E-state index < -0.39 is 5.97 Å². The molecule has 0 unspecified atom stereocenters. The van der Waals surface area contributed by atoms with E-state index in [-0.39, 0.29) is 6.54 Å². The Balaban J connectivity index is 2.12. The van der Waals surface area contributed by atoms with Crippen molar-refractivity contribution in [1.29, 1.82) is 0 Å². The zero-order chi connectivity index (χ0) is 15.2. The van der Waals surface area contributed by atoms with Gasteiger partial charge in [0.15, 0.2) is 0 Å². The van der Waals surface area contributed by atoms with Crippen molar-refractivity contribution in [3.8, 4) is 10.6 Å². The summed E-state index contributed by atoms with van der Waals surface area (Å²) in [6.07, 6.45) is 0.911. The van der Waals surface area contributed by atoms with Crippen molar-refractivity contribution in [3.63, 3.8) is 0 Å². The molecule has 2 rings (SSSR count). The first-order chi connectivity index (χ1) is 10.1. The lowest BCUT2D eigenvalue weighted by Crippen LogP contribution is -2.30.